The molecule has 1 saturated heterocycles. The molecule has 1 fully saturated rings. The molecule has 3 rings (SSSR count). The van der Waals surface area contributed by atoms with Crippen molar-refractivity contribution >= 4 is 5.97 Å². The topological polar surface area (TPSA) is 60.9 Å². The highest BCUT2D eigenvalue weighted by Gasteiger charge is 2.22. The Morgan fingerprint density at radius 3 is 2.77 bits per heavy atom. The van der Waals surface area contributed by atoms with Gasteiger partial charge in [-0.05, 0) is 30.7 Å². The first-order valence-corrected chi connectivity index (χ1v) is 8.82. The van der Waals surface area contributed by atoms with E-state index in [9.17, 15) is 4.79 Å². The van der Waals surface area contributed by atoms with Crippen LogP contribution in [0.4, 0.5) is 0 Å². The zero-order chi connectivity index (χ0) is 18.2. The lowest BCUT2D eigenvalue weighted by Gasteiger charge is -2.30. The second kappa shape index (κ2) is 9.31. The summed E-state index contributed by atoms with van der Waals surface area (Å²) < 4.78 is 17.0. The maximum Gasteiger partial charge on any atom is 0.340 e. The minimum Gasteiger partial charge on any atom is -0.489 e. The van der Waals surface area contributed by atoms with Gasteiger partial charge >= 0.3 is 5.97 Å². The normalized spacial score (nSPS) is 16.0. The first-order valence-electron chi connectivity index (χ1n) is 8.82. The Morgan fingerprint density at radius 1 is 1.23 bits per heavy atom. The number of rotatable bonds is 7. The van der Waals surface area contributed by atoms with Gasteiger partial charge in [-0.2, -0.15) is 0 Å². The molecule has 6 heteroatoms. The number of esters is 1. The number of hydrogen-bond donors (Lipinski definition) is 0. The third kappa shape index (κ3) is 5.28. The molecule has 138 valence electrons. The molecular formula is C20H24N2O4. The van der Waals surface area contributed by atoms with Crippen molar-refractivity contribution in [3.05, 3.63) is 59.9 Å². The van der Waals surface area contributed by atoms with E-state index < -0.39 is 0 Å². The number of ether oxygens (including phenoxy) is 3. The average molecular weight is 356 g/mol. The second-order valence-electron chi connectivity index (χ2n) is 6.26. The molecule has 0 radical (unpaired) electrons. The summed E-state index contributed by atoms with van der Waals surface area (Å²) in [4.78, 5) is 18.6. The summed E-state index contributed by atoms with van der Waals surface area (Å²) >= 11 is 0. The Labute approximate surface area is 153 Å². The SMILES string of the molecule is Cc1ccccc1OCC(CN1CCOCC1)OC(=O)c1cccnc1. The highest BCUT2D eigenvalue weighted by atomic mass is 16.6. The highest BCUT2D eigenvalue weighted by Crippen LogP contribution is 2.17. The van der Waals surface area contributed by atoms with Gasteiger partial charge in [0.2, 0.25) is 0 Å². The van der Waals surface area contributed by atoms with Crippen LogP contribution in [0.1, 0.15) is 15.9 Å². The van der Waals surface area contributed by atoms with Crippen molar-refractivity contribution in [3.63, 3.8) is 0 Å². The number of carbonyl (C=O) groups is 1. The average Bonchev–Trinajstić information content (AvgIpc) is 2.68. The van der Waals surface area contributed by atoms with Gasteiger partial charge in [-0.25, -0.2) is 4.79 Å². The third-order valence-electron chi connectivity index (χ3n) is 4.25. The number of hydrogen-bond acceptors (Lipinski definition) is 6. The molecular weight excluding hydrogens is 332 g/mol. The largest absolute Gasteiger partial charge is 0.489 e. The van der Waals surface area contributed by atoms with E-state index in [1.54, 1.807) is 18.3 Å². The van der Waals surface area contributed by atoms with Crippen LogP contribution >= 0.6 is 0 Å². The van der Waals surface area contributed by atoms with Crippen molar-refractivity contribution in [1.82, 2.24) is 9.88 Å². The number of nitrogens with zero attached hydrogens (tertiary/aromatic N) is 2. The molecule has 0 bridgehead atoms. The second-order valence-corrected chi connectivity index (χ2v) is 6.26. The Hall–Kier alpha value is -2.44. The number of para-hydroxylation sites is 1. The Morgan fingerprint density at radius 2 is 2.04 bits per heavy atom. The van der Waals surface area contributed by atoms with Crippen molar-refractivity contribution in [3.8, 4) is 5.75 Å². The number of pyridine rings is 1. The molecule has 6 nitrogen and oxygen atoms in total. The Kier molecular flexibility index (Phi) is 6.57. The van der Waals surface area contributed by atoms with Gasteiger partial charge in [0.05, 0.1) is 18.8 Å². The van der Waals surface area contributed by atoms with Crippen LogP contribution in [0.2, 0.25) is 0 Å². The van der Waals surface area contributed by atoms with Gasteiger partial charge in [-0.1, -0.05) is 18.2 Å². The fraction of sp³-hybridized carbons (Fsp3) is 0.400. The summed E-state index contributed by atoms with van der Waals surface area (Å²) in [5.74, 6) is 0.418. The van der Waals surface area contributed by atoms with Crippen LogP contribution in [0.25, 0.3) is 0 Å². The summed E-state index contributed by atoms with van der Waals surface area (Å²) in [6.45, 7) is 5.95. The van der Waals surface area contributed by atoms with E-state index in [2.05, 4.69) is 9.88 Å². The van der Waals surface area contributed by atoms with Crippen molar-refractivity contribution in [2.45, 2.75) is 13.0 Å². The van der Waals surface area contributed by atoms with E-state index in [1.807, 2.05) is 31.2 Å². The molecule has 0 spiro atoms. The van der Waals surface area contributed by atoms with Gasteiger partial charge < -0.3 is 14.2 Å². The molecule has 1 aliphatic heterocycles. The molecule has 26 heavy (non-hydrogen) atoms. The summed E-state index contributed by atoms with van der Waals surface area (Å²) in [7, 11) is 0. The lowest BCUT2D eigenvalue weighted by molar-refractivity contribution is -0.0154. The van der Waals surface area contributed by atoms with Gasteiger partial charge in [0.15, 0.2) is 0 Å². The number of morpholine rings is 1. The van der Waals surface area contributed by atoms with Gasteiger partial charge in [-0.15, -0.1) is 0 Å². The zero-order valence-corrected chi connectivity index (χ0v) is 15.0. The number of carbonyl (C=O) groups excluding carboxylic acids is 1. The standard InChI is InChI=1S/C20H24N2O4/c1-16-5-2-3-7-19(16)25-15-18(14-22-9-11-24-12-10-22)26-20(23)17-6-4-8-21-13-17/h2-8,13,18H,9-12,14-15H2,1H3. The van der Waals surface area contributed by atoms with Crippen molar-refractivity contribution in [2.24, 2.45) is 0 Å². The number of benzene rings is 1. The molecule has 1 aromatic heterocycles. The monoisotopic (exact) mass is 356 g/mol. The number of aryl methyl sites for hydroxylation is 1. The van der Waals surface area contributed by atoms with Crippen molar-refractivity contribution in [1.29, 1.82) is 0 Å². The van der Waals surface area contributed by atoms with E-state index in [0.29, 0.717) is 31.9 Å². The zero-order valence-electron chi connectivity index (χ0n) is 15.0. The van der Waals surface area contributed by atoms with Crippen LogP contribution in [0.15, 0.2) is 48.8 Å². The Balaban J connectivity index is 1.64. The summed E-state index contributed by atoms with van der Waals surface area (Å²) in [5, 5.41) is 0. The van der Waals surface area contributed by atoms with Crippen LogP contribution in [-0.2, 0) is 9.47 Å². The minimum atomic E-state index is -0.384. The van der Waals surface area contributed by atoms with E-state index >= 15 is 0 Å². The highest BCUT2D eigenvalue weighted by molar-refractivity contribution is 5.89. The van der Waals surface area contributed by atoms with Crippen molar-refractivity contribution < 1.29 is 19.0 Å². The maximum absolute atomic E-state index is 12.4. The van der Waals surface area contributed by atoms with Crippen LogP contribution in [0, 0.1) is 6.92 Å². The fourth-order valence-electron chi connectivity index (χ4n) is 2.80. The lowest BCUT2D eigenvalue weighted by Crippen LogP contribution is -2.44. The van der Waals surface area contributed by atoms with Gasteiger partial charge in [0, 0.05) is 32.0 Å². The predicted molar refractivity (Wildman–Crippen MR) is 97.4 cm³/mol. The maximum atomic E-state index is 12.4. The first kappa shape index (κ1) is 18.4. The van der Waals surface area contributed by atoms with Crippen molar-refractivity contribution in [2.75, 3.05) is 39.5 Å². The molecule has 0 aliphatic carbocycles. The van der Waals surface area contributed by atoms with E-state index in [4.69, 9.17) is 14.2 Å². The molecule has 2 heterocycles. The summed E-state index contributed by atoms with van der Waals surface area (Å²) in [6, 6.07) is 11.2. The predicted octanol–water partition coefficient (Wildman–Crippen LogP) is 2.33. The van der Waals surface area contributed by atoms with Gasteiger partial charge in [0.25, 0.3) is 0 Å². The number of aromatic nitrogens is 1. The molecule has 0 saturated carbocycles. The minimum absolute atomic E-state index is 0.300. The molecule has 1 aromatic carbocycles. The molecule has 0 amide bonds. The van der Waals surface area contributed by atoms with Gasteiger partial charge in [0.1, 0.15) is 18.5 Å². The van der Waals surface area contributed by atoms with Gasteiger partial charge in [-0.3, -0.25) is 9.88 Å². The molecule has 1 atom stereocenters. The van der Waals surface area contributed by atoms with Crippen LogP contribution in [0.5, 0.6) is 5.75 Å². The first-order chi connectivity index (χ1) is 12.7. The smallest absolute Gasteiger partial charge is 0.340 e. The quantitative estimate of drug-likeness (QED) is 0.710. The lowest BCUT2D eigenvalue weighted by atomic mass is 10.2. The molecule has 2 aromatic rings. The summed E-state index contributed by atoms with van der Waals surface area (Å²) in [5.41, 5.74) is 1.49. The molecule has 1 aliphatic rings. The third-order valence-corrected chi connectivity index (χ3v) is 4.25. The van der Waals surface area contributed by atoms with E-state index in [0.717, 1.165) is 24.4 Å². The van der Waals surface area contributed by atoms with Crippen LogP contribution in [0.3, 0.4) is 0 Å². The Bertz CT molecular complexity index is 702. The van der Waals surface area contributed by atoms with E-state index in [-0.39, 0.29) is 12.1 Å². The van der Waals surface area contributed by atoms with Crippen LogP contribution in [-0.4, -0.2) is 61.4 Å². The summed E-state index contributed by atoms with van der Waals surface area (Å²) in [6.07, 6.45) is 2.76. The molecule has 1 unspecified atom stereocenters. The van der Waals surface area contributed by atoms with Crippen LogP contribution < -0.4 is 4.74 Å². The fourth-order valence-corrected chi connectivity index (χ4v) is 2.80. The van der Waals surface area contributed by atoms with E-state index in [1.165, 1.54) is 6.20 Å². The molecule has 0 N–H and O–H groups in total.